The molecule has 12 heavy (non-hydrogen) atoms. The first-order valence-corrected chi connectivity index (χ1v) is 4.13. The SMILES string of the molecule is O=C(CCl)NC[n+]1ccccc1. The maximum Gasteiger partial charge on any atom is 0.239 e. The van der Waals surface area contributed by atoms with Gasteiger partial charge in [0.25, 0.3) is 0 Å². The van der Waals surface area contributed by atoms with Crippen LogP contribution in [0.4, 0.5) is 0 Å². The first-order valence-electron chi connectivity index (χ1n) is 3.59. The normalized spacial score (nSPS) is 9.42. The smallest absolute Gasteiger partial charge is 0.239 e. The molecule has 3 nitrogen and oxygen atoms in total. The molecule has 0 spiro atoms. The number of hydrogen-bond donors (Lipinski definition) is 1. The summed E-state index contributed by atoms with van der Waals surface area (Å²) in [5.41, 5.74) is 0. The Kier molecular flexibility index (Phi) is 3.54. The summed E-state index contributed by atoms with van der Waals surface area (Å²) in [4.78, 5) is 10.7. The Labute approximate surface area is 76.0 Å². The first-order chi connectivity index (χ1) is 5.83. The molecule has 1 rings (SSSR count). The monoisotopic (exact) mass is 185 g/mol. The maximum atomic E-state index is 10.7. The molecule has 1 aromatic heterocycles. The molecule has 1 amide bonds. The Morgan fingerprint density at radius 1 is 1.33 bits per heavy atom. The largest absolute Gasteiger partial charge is 0.300 e. The topological polar surface area (TPSA) is 33.0 Å². The fraction of sp³-hybridized carbons (Fsp3) is 0.250. The van der Waals surface area contributed by atoms with Gasteiger partial charge in [-0.15, -0.1) is 11.6 Å². The predicted molar refractivity (Wildman–Crippen MR) is 45.5 cm³/mol. The van der Waals surface area contributed by atoms with Gasteiger partial charge in [-0.1, -0.05) is 6.07 Å². The van der Waals surface area contributed by atoms with Gasteiger partial charge in [0.15, 0.2) is 12.4 Å². The van der Waals surface area contributed by atoms with Crippen LogP contribution in [0.15, 0.2) is 30.6 Å². The Morgan fingerprint density at radius 3 is 2.58 bits per heavy atom. The number of aromatic nitrogens is 1. The molecule has 4 heteroatoms. The highest BCUT2D eigenvalue weighted by atomic mass is 35.5. The summed E-state index contributed by atoms with van der Waals surface area (Å²) in [5.74, 6) is -0.152. The van der Waals surface area contributed by atoms with Crippen molar-refractivity contribution in [3.63, 3.8) is 0 Å². The van der Waals surface area contributed by atoms with Crippen molar-refractivity contribution in [1.82, 2.24) is 5.32 Å². The summed E-state index contributed by atoms with van der Waals surface area (Å²) < 4.78 is 1.85. The predicted octanol–water partition coefficient (Wildman–Crippen LogP) is 0.287. The van der Waals surface area contributed by atoms with E-state index in [4.69, 9.17) is 11.6 Å². The second kappa shape index (κ2) is 4.72. The molecule has 0 unspecified atom stereocenters. The highest BCUT2D eigenvalue weighted by Crippen LogP contribution is 1.76. The van der Waals surface area contributed by atoms with Crippen LogP contribution in [0, 0.1) is 0 Å². The van der Waals surface area contributed by atoms with Crippen LogP contribution in [0.5, 0.6) is 0 Å². The lowest BCUT2D eigenvalue weighted by molar-refractivity contribution is -0.700. The second-order valence-electron chi connectivity index (χ2n) is 2.28. The lowest BCUT2D eigenvalue weighted by Gasteiger charge is -1.97. The third kappa shape index (κ3) is 2.88. The lowest BCUT2D eigenvalue weighted by atomic mass is 10.5. The van der Waals surface area contributed by atoms with Gasteiger partial charge >= 0.3 is 0 Å². The molecule has 0 aromatic carbocycles. The number of nitrogens with zero attached hydrogens (tertiary/aromatic N) is 1. The second-order valence-corrected chi connectivity index (χ2v) is 2.55. The minimum absolute atomic E-state index is 0.00733. The van der Waals surface area contributed by atoms with Crippen molar-refractivity contribution in [1.29, 1.82) is 0 Å². The van der Waals surface area contributed by atoms with Gasteiger partial charge in [-0.05, 0) is 0 Å². The van der Waals surface area contributed by atoms with Crippen LogP contribution in [0.2, 0.25) is 0 Å². The van der Waals surface area contributed by atoms with Gasteiger partial charge in [0.2, 0.25) is 12.6 Å². The van der Waals surface area contributed by atoms with E-state index in [0.29, 0.717) is 6.67 Å². The molecule has 64 valence electrons. The quantitative estimate of drug-likeness (QED) is 0.533. The summed E-state index contributed by atoms with van der Waals surface area (Å²) in [6.07, 6.45) is 3.74. The highest BCUT2D eigenvalue weighted by Gasteiger charge is 2.00. The van der Waals surface area contributed by atoms with Gasteiger partial charge < -0.3 is 0 Å². The highest BCUT2D eigenvalue weighted by molar-refractivity contribution is 6.27. The third-order valence-electron chi connectivity index (χ3n) is 1.36. The van der Waals surface area contributed by atoms with Crippen molar-refractivity contribution in [3.8, 4) is 0 Å². The zero-order valence-electron chi connectivity index (χ0n) is 6.53. The van der Waals surface area contributed by atoms with Crippen LogP contribution in [-0.2, 0) is 11.5 Å². The Hall–Kier alpha value is -1.09. The van der Waals surface area contributed by atoms with Crippen LogP contribution in [-0.4, -0.2) is 11.8 Å². The van der Waals surface area contributed by atoms with Gasteiger partial charge in [0.1, 0.15) is 5.88 Å². The molecule has 0 aliphatic carbocycles. The maximum absolute atomic E-state index is 10.7. The number of hydrogen-bond acceptors (Lipinski definition) is 1. The van der Waals surface area contributed by atoms with Crippen LogP contribution in [0.1, 0.15) is 0 Å². The molecule has 1 N–H and O–H groups in total. The van der Waals surface area contributed by atoms with E-state index in [1.807, 2.05) is 35.2 Å². The number of alkyl halides is 1. The van der Waals surface area contributed by atoms with Crippen LogP contribution >= 0.6 is 11.6 Å². The van der Waals surface area contributed by atoms with Crippen LogP contribution in [0.3, 0.4) is 0 Å². The lowest BCUT2D eigenvalue weighted by Crippen LogP contribution is -2.43. The Bertz CT molecular complexity index is 250. The molecular weight excluding hydrogens is 176 g/mol. The first kappa shape index (κ1) is 9.00. The molecule has 0 fully saturated rings. The minimum atomic E-state index is -0.159. The van der Waals surface area contributed by atoms with Gasteiger partial charge in [-0.2, -0.15) is 4.57 Å². The van der Waals surface area contributed by atoms with E-state index in [9.17, 15) is 4.79 Å². The molecule has 0 saturated heterocycles. The molecule has 0 atom stereocenters. The molecular formula is C8H10ClN2O+. The van der Waals surface area contributed by atoms with Crippen molar-refractivity contribution in [2.75, 3.05) is 5.88 Å². The molecule has 0 bridgehead atoms. The van der Waals surface area contributed by atoms with E-state index < -0.39 is 0 Å². The van der Waals surface area contributed by atoms with Gasteiger partial charge in [-0.3, -0.25) is 10.1 Å². The summed E-state index contributed by atoms with van der Waals surface area (Å²) >= 11 is 5.30. The van der Waals surface area contributed by atoms with E-state index in [0.717, 1.165) is 0 Å². The minimum Gasteiger partial charge on any atom is -0.300 e. The van der Waals surface area contributed by atoms with E-state index in [-0.39, 0.29) is 11.8 Å². The summed E-state index contributed by atoms with van der Waals surface area (Å²) in [6, 6.07) is 5.71. The molecule has 0 radical (unpaired) electrons. The number of amides is 1. The number of halogens is 1. The van der Waals surface area contributed by atoms with Gasteiger partial charge in [0.05, 0.1) is 0 Å². The van der Waals surface area contributed by atoms with E-state index in [1.165, 1.54) is 0 Å². The van der Waals surface area contributed by atoms with Gasteiger partial charge in [0, 0.05) is 12.1 Å². The average Bonchev–Trinajstić information content (AvgIpc) is 2.16. The summed E-state index contributed by atoms with van der Waals surface area (Å²) in [5, 5.41) is 2.64. The Balaban J connectivity index is 2.38. The number of rotatable bonds is 3. The summed E-state index contributed by atoms with van der Waals surface area (Å²) in [6.45, 7) is 0.465. The van der Waals surface area contributed by atoms with Crippen LogP contribution < -0.4 is 9.88 Å². The van der Waals surface area contributed by atoms with Gasteiger partial charge in [-0.25, -0.2) is 0 Å². The zero-order valence-corrected chi connectivity index (χ0v) is 7.29. The molecule has 0 saturated carbocycles. The van der Waals surface area contributed by atoms with E-state index in [1.54, 1.807) is 0 Å². The number of carbonyl (C=O) groups excluding carboxylic acids is 1. The zero-order chi connectivity index (χ0) is 8.81. The number of pyridine rings is 1. The number of carbonyl (C=O) groups is 1. The molecule has 1 heterocycles. The van der Waals surface area contributed by atoms with Crippen molar-refractivity contribution in [2.24, 2.45) is 0 Å². The molecule has 1 aromatic rings. The summed E-state index contributed by atoms with van der Waals surface area (Å²) in [7, 11) is 0. The average molecular weight is 186 g/mol. The fourth-order valence-electron chi connectivity index (χ4n) is 0.766. The Morgan fingerprint density at radius 2 is 2.00 bits per heavy atom. The van der Waals surface area contributed by atoms with Crippen molar-refractivity contribution in [2.45, 2.75) is 6.67 Å². The van der Waals surface area contributed by atoms with E-state index in [2.05, 4.69) is 5.32 Å². The third-order valence-corrected chi connectivity index (χ3v) is 1.60. The standard InChI is InChI=1S/C8H9ClN2O/c9-6-8(12)10-7-11-4-2-1-3-5-11/h1-5H,6-7H2/p+1. The molecule has 0 aliphatic heterocycles. The van der Waals surface area contributed by atoms with E-state index >= 15 is 0 Å². The number of nitrogens with one attached hydrogen (secondary N) is 1. The van der Waals surface area contributed by atoms with Crippen molar-refractivity contribution < 1.29 is 9.36 Å². The van der Waals surface area contributed by atoms with Crippen molar-refractivity contribution >= 4 is 17.5 Å². The fourth-order valence-corrected chi connectivity index (χ4v) is 0.861. The van der Waals surface area contributed by atoms with Crippen molar-refractivity contribution in [3.05, 3.63) is 30.6 Å². The van der Waals surface area contributed by atoms with Crippen LogP contribution in [0.25, 0.3) is 0 Å². The molecule has 0 aliphatic rings.